The van der Waals surface area contributed by atoms with E-state index < -0.39 is 22.5 Å². The molecule has 2 aliphatic heterocycles. The zero-order valence-electron chi connectivity index (χ0n) is 13.8. The summed E-state index contributed by atoms with van der Waals surface area (Å²) in [6, 6.07) is 6.29. The number of hydrogen-bond acceptors (Lipinski definition) is 6. The molecule has 3 heterocycles. The number of hydroxylamine groups is 2. The van der Waals surface area contributed by atoms with E-state index in [-0.39, 0.29) is 13.1 Å². The molecule has 2 bridgehead atoms. The van der Waals surface area contributed by atoms with Gasteiger partial charge < -0.3 is 9.64 Å². The average molecular weight is 380 g/mol. The number of urea groups is 1. The van der Waals surface area contributed by atoms with Crippen LogP contribution in [0.3, 0.4) is 0 Å². The molecule has 26 heavy (non-hydrogen) atoms. The van der Waals surface area contributed by atoms with Gasteiger partial charge in [-0.05, 0) is 17.7 Å². The third kappa shape index (κ3) is 2.89. The van der Waals surface area contributed by atoms with Crippen molar-refractivity contribution in [3.8, 4) is 5.75 Å². The second-order valence-electron chi connectivity index (χ2n) is 6.06. The number of carbonyl (C=O) groups excluding carboxylic acids is 1. The van der Waals surface area contributed by atoms with Crippen molar-refractivity contribution in [3.05, 3.63) is 47.3 Å². The summed E-state index contributed by atoms with van der Waals surface area (Å²) in [5.41, 5.74) is 2.50. The van der Waals surface area contributed by atoms with Crippen LogP contribution in [0.5, 0.6) is 5.75 Å². The fraction of sp³-hybridized carbons (Fsp3) is 0.333. The van der Waals surface area contributed by atoms with Crippen molar-refractivity contribution in [2.24, 2.45) is 0 Å². The van der Waals surface area contributed by atoms with Crippen molar-refractivity contribution in [2.45, 2.75) is 19.1 Å². The van der Waals surface area contributed by atoms with Gasteiger partial charge >= 0.3 is 16.4 Å². The molecule has 138 valence electrons. The molecule has 1 unspecified atom stereocenters. The highest BCUT2D eigenvalue weighted by atomic mass is 32.3. The first-order valence-electron chi connectivity index (χ1n) is 7.78. The Kier molecular flexibility index (Phi) is 3.86. The summed E-state index contributed by atoms with van der Waals surface area (Å²) in [6.45, 7) is 1.05. The highest BCUT2D eigenvalue weighted by molar-refractivity contribution is 7.80. The molecule has 0 aliphatic carbocycles. The van der Waals surface area contributed by atoms with Crippen LogP contribution in [0.15, 0.2) is 30.5 Å². The van der Waals surface area contributed by atoms with Crippen molar-refractivity contribution < 1.29 is 26.8 Å². The van der Waals surface area contributed by atoms with Gasteiger partial charge in [0.1, 0.15) is 11.8 Å². The van der Waals surface area contributed by atoms with Crippen LogP contribution in [0.2, 0.25) is 0 Å². The Morgan fingerprint density at radius 1 is 1.31 bits per heavy atom. The van der Waals surface area contributed by atoms with E-state index in [1.807, 2.05) is 24.3 Å². The maximum Gasteiger partial charge on any atom is 0.418 e. The highest BCUT2D eigenvalue weighted by Gasteiger charge is 2.47. The third-order valence-corrected chi connectivity index (χ3v) is 4.83. The number of methoxy groups -OCH3 is 1. The third-order valence-electron chi connectivity index (χ3n) is 4.48. The number of carbonyl (C=O) groups is 1. The number of rotatable bonds is 5. The molecule has 2 amide bonds. The lowest BCUT2D eigenvalue weighted by Gasteiger charge is -2.22. The number of hydrogen-bond donors (Lipinski definition) is 1. The lowest BCUT2D eigenvalue weighted by molar-refractivity contribution is -0.0316. The first-order chi connectivity index (χ1) is 12.4. The van der Waals surface area contributed by atoms with Crippen molar-refractivity contribution in [3.63, 3.8) is 0 Å². The van der Waals surface area contributed by atoms with Crippen LogP contribution in [-0.4, -0.2) is 52.4 Å². The van der Waals surface area contributed by atoms with Crippen molar-refractivity contribution in [2.75, 3.05) is 13.7 Å². The maximum absolute atomic E-state index is 12.3. The summed E-state index contributed by atoms with van der Waals surface area (Å²) in [6.07, 6.45) is 1.60. The van der Waals surface area contributed by atoms with Crippen LogP contribution in [0.25, 0.3) is 0 Å². The molecule has 0 saturated carbocycles. The van der Waals surface area contributed by atoms with E-state index in [0.717, 1.165) is 17.0 Å². The zero-order chi connectivity index (χ0) is 18.5. The first-order valence-corrected chi connectivity index (χ1v) is 9.15. The van der Waals surface area contributed by atoms with E-state index in [1.165, 1.54) is 4.90 Å². The molecule has 1 aromatic carbocycles. The monoisotopic (exact) mass is 380 g/mol. The van der Waals surface area contributed by atoms with Gasteiger partial charge in [0.25, 0.3) is 0 Å². The Balaban J connectivity index is 1.62. The number of aromatic nitrogens is 2. The Labute approximate surface area is 149 Å². The maximum atomic E-state index is 12.3. The summed E-state index contributed by atoms with van der Waals surface area (Å²) in [4.78, 5) is 13.7. The standard InChI is InChI=1S/C15H16N4O6S/c1-24-11-4-2-10(3-5-11)7-18-13-8-17-9-14(12(13)6-16-18)19(15(17)20)25-26(21,22)23/h2-6,14H,7-9H2,1H3,(H,21,22,23). The SMILES string of the molecule is COc1ccc(Cn2ncc3c2CN2CC3N(OS(=O)(=O)O)C2=O)cc1. The molecule has 4 rings (SSSR count). The summed E-state index contributed by atoms with van der Waals surface area (Å²) in [5, 5.41) is 5.04. The predicted molar refractivity (Wildman–Crippen MR) is 87.3 cm³/mol. The molecule has 1 N–H and O–H groups in total. The van der Waals surface area contributed by atoms with E-state index >= 15 is 0 Å². The van der Waals surface area contributed by atoms with Gasteiger partial charge in [-0.1, -0.05) is 12.1 Å². The molecule has 2 aromatic rings. The Morgan fingerprint density at radius 3 is 2.69 bits per heavy atom. The summed E-state index contributed by atoms with van der Waals surface area (Å²) >= 11 is 0. The van der Waals surface area contributed by atoms with Gasteiger partial charge in [-0.2, -0.15) is 18.6 Å². The molecule has 11 heteroatoms. The van der Waals surface area contributed by atoms with Crippen LogP contribution >= 0.6 is 0 Å². The molecular weight excluding hydrogens is 364 g/mol. The Morgan fingerprint density at radius 2 is 2.04 bits per heavy atom. The van der Waals surface area contributed by atoms with Gasteiger partial charge in [0.2, 0.25) is 0 Å². The summed E-state index contributed by atoms with van der Waals surface area (Å²) in [7, 11) is -3.19. The van der Waals surface area contributed by atoms with Gasteiger partial charge in [-0.3, -0.25) is 9.23 Å². The number of ether oxygens (including phenoxy) is 1. The van der Waals surface area contributed by atoms with Crippen LogP contribution < -0.4 is 4.74 Å². The number of benzene rings is 1. The fourth-order valence-electron chi connectivity index (χ4n) is 3.27. The minimum absolute atomic E-state index is 0.273. The van der Waals surface area contributed by atoms with E-state index in [9.17, 15) is 13.2 Å². The minimum atomic E-state index is -4.79. The lowest BCUT2D eigenvalue weighted by Crippen LogP contribution is -2.32. The highest BCUT2D eigenvalue weighted by Crippen LogP contribution is 2.38. The number of nitrogens with zero attached hydrogens (tertiary/aromatic N) is 4. The van der Waals surface area contributed by atoms with Gasteiger partial charge in [0.05, 0.1) is 38.6 Å². The van der Waals surface area contributed by atoms with Crippen LogP contribution in [0.4, 0.5) is 4.79 Å². The Hall–Kier alpha value is -2.63. The average Bonchev–Trinajstić information content (AvgIpc) is 3.10. The van der Waals surface area contributed by atoms with E-state index in [0.29, 0.717) is 17.2 Å². The summed E-state index contributed by atoms with van der Waals surface area (Å²) in [5.74, 6) is 0.754. The smallest absolute Gasteiger partial charge is 0.418 e. The molecule has 2 aliphatic rings. The minimum Gasteiger partial charge on any atom is -0.497 e. The second kappa shape index (κ2) is 5.97. The normalized spacial score (nSPS) is 19.0. The van der Waals surface area contributed by atoms with Gasteiger partial charge in [0, 0.05) is 5.56 Å². The van der Waals surface area contributed by atoms with E-state index in [1.54, 1.807) is 18.0 Å². The number of amides is 2. The van der Waals surface area contributed by atoms with Gasteiger partial charge in [-0.25, -0.2) is 4.79 Å². The molecule has 0 spiro atoms. The van der Waals surface area contributed by atoms with Crippen LogP contribution in [0, 0.1) is 0 Å². The van der Waals surface area contributed by atoms with Gasteiger partial charge in [-0.15, -0.1) is 4.28 Å². The van der Waals surface area contributed by atoms with Crippen molar-refractivity contribution in [1.82, 2.24) is 19.7 Å². The lowest BCUT2D eigenvalue weighted by atomic mass is 10.0. The molecule has 1 aromatic heterocycles. The van der Waals surface area contributed by atoms with E-state index in [4.69, 9.17) is 9.29 Å². The second-order valence-corrected chi connectivity index (χ2v) is 7.06. The van der Waals surface area contributed by atoms with Crippen molar-refractivity contribution in [1.29, 1.82) is 0 Å². The zero-order valence-corrected chi connectivity index (χ0v) is 14.6. The molecule has 1 atom stereocenters. The fourth-order valence-corrected chi connectivity index (χ4v) is 3.64. The van der Waals surface area contributed by atoms with Crippen LogP contribution in [0.1, 0.15) is 22.9 Å². The molecule has 1 saturated heterocycles. The molecular formula is C15H16N4O6S. The Bertz CT molecular complexity index is 955. The van der Waals surface area contributed by atoms with E-state index in [2.05, 4.69) is 9.38 Å². The topological polar surface area (TPSA) is 114 Å². The summed E-state index contributed by atoms with van der Waals surface area (Å²) < 4.78 is 42.3. The van der Waals surface area contributed by atoms with Crippen molar-refractivity contribution >= 4 is 16.4 Å². The predicted octanol–water partition coefficient (Wildman–Crippen LogP) is 0.967. The largest absolute Gasteiger partial charge is 0.497 e. The number of fused-ring (bicyclic) bond motifs is 4. The molecule has 10 nitrogen and oxygen atoms in total. The van der Waals surface area contributed by atoms with Crippen LogP contribution in [-0.2, 0) is 27.8 Å². The molecule has 0 radical (unpaired) electrons. The van der Waals surface area contributed by atoms with Gasteiger partial charge in [0.15, 0.2) is 0 Å². The first kappa shape index (κ1) is 16.8. The molecule has 1 fully saturated rings. The quantitative estimate of drug-likeness (QED) is 0.769.